The highest BCUT2D eigenvalue weighted by Crippen LogP contribution is 2.25. The molecule has 0 aliphatic heterocycles. The minimum absolute atomic E-state index is 0.178. The largest absolute Gasteiger partial charge is 0.330 e. The van der Waals surface area contributed by atoms with Gasteiger partial charge < -0.3 is 4.90 Å². The average molecular weight is 446 g/mol. The number of alkyl halides is 2. The van der Waals surface area contributed by atoms with Crippen molar-refractivity contribution in [2.75, 3.05) is 6.54 Å². The SMILES string of the molecule is CCCN(C(=O)C(Cl)Cl)C(C)c1nc2ccccc2c(=O)n1-c1ccc(C)c(C)c1. The Balaban J connectivity index is 2.30. The summed E-state index contributed by atoms with van der Waals surface area (Å²) in [5.41, 5.74) is 3.31. The molecular weight excluding hydrogens is 421 g/mol. The fraction of sp³-hybridized carbons (Fsp3) is 0.348. The number of carbonyl (C=O) groups is 1. The van der Waals surface area contributed by atoms with Gasteiger partial charge in [0.2, 0.25) is 0 Å². The van der Waals surface area contributed by atoms with E-state index in [1.165, 1.54) is 0 Å². The second-order valence-electron chi connectivity index (χ2n) is 7.40. The molecule has 1 amide bonds. The number of rotatable bonds is 6. The van der Waals surface area contributed by atoms with Gasteiger partial charge in [-0.05, 0) is 62.6 Å². The van der Waals surface area contributed by atoms with Gasteiger partial charge in [-0.2, -0.15) is 0 Å². The number of carbonyl (C=O) groups excluding carboxylic acids is 1. The van der Waals surface area contributed by atoms with Gasteiger partial charge in [-0.15, -0.1) is 0 Å². The highest BCUT2D eigenvalue weighted by atomic mass is 35.5. The zero-order chi connectivity index (χ0) is 22.0. The smallest absolute Gasteiger partial charge is 0.266 e. The number of fused-ring (bicyclic) bond motifs is 1. The third kappa shape index (κ3) is 4.23. The molecule has 30 heavy (non-hydrogen) atoms. The summed E-state index contributed by atoms with van der Waals surface area (Å²) in [5, 5.41) is 0.521. The molecule has 158 valence electrons. The molecule has 3 rings (SSSR count). The van der Waals surface area contributed by atoms with E-state index >= 15 is 0 Å². The first kappa shape index (κ1) is 22.3. The number of aromatic nitrogens is 2. The topological polar surface area (TPSA) is 55.2 Å². The van der Waals surface area contributed by atoms with Crippen molar-refractivity contribution >= 4 is 40.0 Å². The molecule has 0 saturated heterocycles. The van der Waals surface area contributed by atoms with Crippen LogP contribution in [0.1, 0.15) is 43.3 Å². The van der Waals surface area contributed by atoms with Crippen molar-refractivity contribution in [2.24, 2.45) is 0 Å². The van der Waals surface area contributed by atoms with Crippen molar-refractivity contribution < 1.29 is 4.79 Å². The molecule has 3 aromatic rings. The molecule has 1 atom stereocenters. The molecule has 0 aliphatic rings. The quantitative estimate of drug-likeness (QED) is 0.495. The van der Waals surface area contributed by atoms with E-state index in [9.17, 15) is 9.59 Å². The van der Waals surface area contributed by atoms with Gasteiger partial charge >= 0.3 is 0 Å². The number of aryl methyl sites for hydroxylation is 2. The molecule has 0 bridgehead atoms. The van der Waals surface area contributed by atoms with E-state index in [2.05, 4.69) is 0 Å². The Hall–Kier alpha value is -2.37. The van der Waals surface area contributed by atoms with E-state index in [0.717, 1.165) is 17.5 Å². The predicted molar refractivity (Wildman–Crippen MR) is 123 cm³/mol. The van der Waals surface area contributed by atoms with Crippen molar-refractivity contribution in [2.45, 2.75) is 45.0 Å². The summed E-state index contributed by atoms with van der Waals surface area (Å²) in [5.74, 6) is 0.0689. The van der Waals surface area contributed by atoms with Crippen molar-refractivity contribution in [3.05, 3.63) is 69.8 Å². The second-order valence-corrected chi connectivity index (χ2v) is 8.50. The van der Waals surface area contributed by atoms with Gasteiger partial charge in [0.05, 0.1) is 22.6 Å². The summed E-state index contributed by atoms with van der Waals surface area (Å²) in [6, 6.07) is 12.5. The number of para-hydroxylation sites is 1. The Morgan fingerprint density at radius 3 is 2.47 bits per heavy atom. The molecule has 0 aliphatic carbocycles. The molecule has 1 aromatic heterocycles. The zero-order valence-electron chi connectivity index (χ0n) is 17.5. The molecule has 0 spiro atoms. The third-order valence-electron chi connectivity index (χ3n) is 5.33. The van der Waals surface area contributed by atoms with Crippen LogP contribution in [0.3, 0.4) is 0 Å². The zero-order valence-corrected chi connectivity index (χ0v) is 19.0. The van der Waals surface area contributed by atoms with Crippen molar-refractivity contribution in [1.29, 1.82) is 0 Å². The number of amides is 1. The number of halogens is 2. The highest BCUT2D eigenvalue weighted by Gasteiger charge is 2.29. The van der Waals surface area contributed by atoms with Crippen LogP contribution in [0.5, 0.6) is 0 Å². The molecule has 0 fully saturated rings. The first-order valence-corrected chi connectivity index (χ1v) is 10.8. The van der Waals surface area contributed by atoms with Crippen molar-refractivity contribution in [1.82, 2.24) is 14.5 Å². The standard InChI is InChI=1S/C23H25Cl2N3O2/c1-5-12-27(23(30)20(24)25)16(4)21-26-19-9-7-6-8-18(19)22(29)28(21)17-11-10-14(2)15(3)13-17/h6-11,13,16,20H,5,12H2,1-4H3. The molecule has 0 radical (unpaired) electrons. The van der Waals surface area contributed by atoms with Gasteiger partial charge in [0.25, 0.3) is 11.5 Å². The summed E-state index contributed by atoms with van der Waals surface area (Å²) in [4.78, 5) is 31.4. The number of nitrogens with zero attached hydrogens (tertiary/aromatic N) is 3. The van der Waals surface area contributed by atoms with Crippen LogP contribution in [-0.4, -0.2) is 31.7 Å². The maximum absolute atomic E-state index is 13.5. The molecule has 0 N–H and O–H groups in total. The molecule has 2 aromatic carbocycles. The normalized spacial score (nSPS) is 12.4. The minimum Gasteiger partial charge on any atom is -0.330 e. The summed E-state index contributed by atoms with van der Waals surface area (Å²) in [7, 11) is 0. The van der Waals surface area contributed by atoms with E-state index < -0.39 is 16.8 Å². The first-order valence-electron chi connectivity index (χ1n) is 9.94. The van der Waals surface area contributed by atoms with Crippen LogP contribution in [0.4, 0.5) is 0 Å². The molecule has 0 saturated carbocycles. The van der Waals surface area contributed by atoms with Gasteiger partial charge in [-0.25, -0.2) is 4.98 Å². The summed E-state index contributed by atoms with van der Waals surface area (Å²) in [6.07, 6.45) is 0.720. The molecular formula is C23H25Cl2N3O2. The Morgan fingerprint density at radius 1 is 1.13 bits per heavy atom. The lowest BCUT2D eigenvalue weighted by Crippen LogP contribution is -2.40. The molecule has 1 heterocycles. The van der Waals surface area contributed by atoms with Crippen molar-refractivity contribution in [3.63, 3.8) is 0 Å². The lowest BCUT2D eigenvalue weighted by atomic mass is 10.1. The Morgan fingerprint density at radius 2 is 1.83 bits per heavy atom. The maximum Gasteiger partial charge on any atom is 0.266 e. The Bertz CT molecular complexity index is 1140. The number of benzene rings is 2. The molecule has 1 unspecified atom stereocenters. The van der Waals surface area contributed by atoms with Gasteiger partial charge in [0, 0.05) is 6.54 Å². The van der Waals surface area contributed by atoms with E-state index in [1.807, 2.05) is 58.0 Å². The van der Waals surface area contributed by atoms with Crippen LogP contribution < -0.4 is 5.56 Å². The van der Waals surface area contributed by atoms with E-state index in [1.54, 1.807) is 21.6 Å². The average Bonchev–Trinajstić information content (AvgIpc) is 2.73. The van der Waals surface area contributed by atoms with Crippen molar-refractivity contribution in [3.8, 4) is 5.69 Å². The van der Waals surface area contributed by atoms with Crippen LogP contribution in [0.2, 0.25) is 0 Å². The number of hydrogen-bond acceptors (Lipinski definition) is 3. The maximum atomic E-state index is 13.5. The van der Waals surface area contributed by atoms with Gasteiger partial charge in [-0.3, -0.25) is 14.2 Å². The Labute approximate surface area is 186 Å². The predicted octanol–water partition coefficient (Wildman–Crippen LogP) is 5.11. The monoisotopic (exact) mass is 445 g/mol. The van der Waals surface area contributed by atoms with E-state index in [0.29, 0.717) is 29.0 Å². The van der Waals surface area contributed by atoms with Crippen LogP contribution in [0.25, 0.3) is 16.6 Å². The van der Waals surface area contributed by atoms with Gasteiger partial charge in [-0.1, -0.05) is 48.3 Å². The highest BCUT2D eigenvalue weighted by molar-refractivity contribution is 6.53. The minimum atomic E-state index is -1.18. The Kier molecular flexibility index (Phi) is 6.84. The fourth-order valence-electron chi connectivity index (χ4n) is 3.54. The van der Waals surface area contributed by atoms with Gasteiger partial charge in [0.15, 0.2) is 4.84 Å². The molecule has 7 heteroatoms. The van der Waals surface area contributed by atoms with E-state index in [-0.39, 0.29) is 5.56 Å². The second kappa shape index (κ2) is 9.19. The number of hydrogen-bond donors (Lipinski definition) is 0. The van der Waals surface area contributed by atoms with Crippen LogP contribution in [0.15, 0.2) is 47.3 Å². The lowest BCUT2D eigenvalue weighted by molar-refractivity contribution is -0.131. The van der Waals surface area contributed by atoms with Crippen LogP contribution >= 0.6 is 23.2 Å². The lowest BCUT2D eigenvalue weighted by Gasteiger charge is -2.30. The summed E-state index contributed by atoms with van der Waals surface area (Å²) >= 11 is 11.8. The van der Waals surface area contributed by atoms with Crippen LogP contribution in [-0.2, 0) is 4.79 Å². The summed E-state index contributed by atoms with van der Waals surface area (Å²) < 4.78 is 1.59. The first-order chi connectivity index (χ1) is 14.3. The van der Waals surface area contributed by atoms with Crippen LogP contribution in [0, 0.1) is 13.8 Å². The fourth-order valence-corrected chi connectivity index (χ4v) is 3.80. The third-order valence-corrected chi connectivity index (χ3v) is 5.70. The van der Waals surface area contributed by atoms with Gasteiger partial charge in [0.1, 0.15) is 5.82 Å². The van der Waals surface area contributed by atoms with E-state index in [4.69, 9.17) is 28.2 Å². The molecule has 5 nitrogen and oxygen atoms in total. The summed E-state index contributed by atoms with van der Waals surface area (Å²) in [6.45, 7) is 8.28.